The molecule has 2 nitrogen and oxygen atoms in total. The van der Waals surface area contributed by atoms with E-state index in [1.54, 1.807) is 0 Å². The van der Waals surface area contributed by atoms with Crippen molar-refractivity contribution in [1.82, 2.24) is 10.2 Å². The molecule has 20 heavy (non-hydrogen) atoms. The Kier molecular flexibility index (Phi) is 5.03. The third-order valence-corrected chi connectivity index (χ3v) is 5.92. The van der Waals surface area contributed by atoms with Gasteiger partial charge in [0.2, 0.25) is 0 Å². The molecule has 0 radical (unpaired) electrons. The summed E-state index contributed by atoms with van der Waals surface area (Å²) < 4.78 is 0. The zero-order chi connectivity index (χ0) is 13.8. The highest BCUT2D eigenvalue weighted by Crippen LogP contribution is 2.33. The number of piperazine rings is 1. The second kappa shape index (κ2) is 6.97. The Morgan fingerprint density at radius 1 is 1.25 bits per heavy atom. The summed E-state index contributed by atoms with van der Waals surface area (Å²) in [5.41, 5.74) is 1.44. The van der Waals surface area contributed by atoms with Gasteiger partial charge >= 0.3 is 0 Å². The Hall–Kier alpha value is -0.510. The Labute approximate surface area is 127 Å². The van der Waals surface area contributed by atoms with Crippen LogP contribution in [0, 0.1) is 0 Å². The fraction of sp³-hybridized carbons (Fsp3) is 0.647. The van der Waals surface area contributed by atoms with Crippen LogP contribution in [0.4, 0.5) is 0 Å². The van der Waals surface area contributed by atoms with Crippen molar-refractivity contribution in [2.45, 2.75) is 43.5 Å². The fourth-order valence-corrected chi connectivity index (χ4v) is 4.78. The summed E-state index contributed by atoms with van der Waals surface area (Å²) in [6, 6.07) is 12.3. The largest absolute Gasteiger partial charge is 0.308 e. The summed E-state index contributed by atoms with van der Waals surface area (Å²) in [5.74, 6) is 1.27. The number of hydrogen-bond donors (Lipinski definition) is 1. The van der Waals surface area contributed by atoms with Gasteiger partial charge in [0.05, 0.1) is 0 Å². The minimum absolute atomic E-state index is 0.517. The summed E-state index contributed by atoms with van der Waals surface area (Å²) in [5, 5.41) is 4.59. The molecule has 3 heteroatoms. The van der Waals surface area contributed by atoms with E-state index in [9.17, 15) is 0 Å². The lowest BCUT2D eigenvalue weighted by Crippen LogP contribution is -2.49. The average molecular weight is 290 g/mol. The highest BCUT2D eigenvalue weighted by Gasteiger charge is 2.32. The van der Waals surface area contributed by atoms with Gasteiger partial charge in [-0.2, -0.15) is 11.8 Å². The van der Waals surface area contributed by atoms with Crippen LogP contribution in [0.1, 0.15) is 37.8 Å². The molecule has 0 aromatic heterocycles. The van der Waals surface area contributed by atoms with Gasteiger partial charge in [-0.15, -0.1) is 0 Å². The fourth-order valence-electron chi connectivity index (χ4n) is 3.65. The minimum Gasteiger partial charge on any atom is -0.308 e. The van der Waals surface area contributed by atoms with Gasteiger partial charge in [-0.25, -0.2) is 0 Å². The summed E-state index contributed by atoms with van der Waals surface area (Å²) in [4.78, 5) is 2.74. The molecule has 2 aliphatic rings. The number of nitrogens with one attached hydrogen (secondary N) is 1. The van der Waals surface area contributed by atoms with Crippen molar-refractivity contribution in [3.05, 3.63) is 35.9 Å². The number of nitrogens with zero attached hydrogens (tertiary/aromatic N) is 1. The molecule has 3 unspecified atom stereocenters. The van der Waals surface area contributed by atoms with E-state index in [0.717, 1.165) is 17.8 Å². The number of thioether (sulfide) groups is 1. The normalized spacial score (nSPS) is 31.6. The van der Waals surface area contributed by atoms with Gasteiger partial charge in [0.1, 0.15) is 0 Å². The van der Waals surface area contributed by atoms with E-state index in [-0.39, 0.29) is 0 Å². The zero-order valence-corrected chi connectivity index (χ0v) is 13.2. The van der Waals surface area contributed by atoms with Crippen LogP contribution < -0.4 is 5.32 Å². The van der Waals surface area contributed by atoms with Crippen LogP contribution in [0.2, 0.25) is 0 Å². The number of rotatable bonds is 4. The maximum Gasteiger partial charge on any atom is 0.0449 e. The highest BCUT2D eigenvalue weighted by molar-refractivity contribution is 7.99. The lowest BCUT2D eigenvalue weighted by Gasteiger charge is -2.37. The monoisotopic (exact) mass is 290 g/mol. The molecule has 1 aromatic carbocycles. The van der Waals surface area contributed by atoms with Crippen molar-refractivity contribution < 1.29 is 0 Å². The van der Waals surface area contributed by atoms with Gasteiger partial charge in [0.15, 0.2) is 0 Å². The molecule has 1 heterocycles. The summed E-state index contributed by atoms with van der Waals surface area (Å²) in [6.07, 6.45) is 4.22. The molecule has 1 saturated carbocycles. The molecule has 1 aliphatic heterocycles. The van der Waals surface area contributed by atoms with Crippen LogP contribution in [-0.4, -0.2) is 41.6 Å². The van der Waals surface area contributed by atoms with Gasteiger partial charge in [0.25, 0.3) is 0 Å². The first-order valence-electron chi connectivity index (χ1n) is 8.00. The Bertz CT molecular complexity index is 409. The van der Waals surface area contributed by atoms with E-state index in [4.69, 9.17) is 0 Å². The summed E-state index contributed by atoms with van der Waals surface area (Å²) in [7, 11) is 0. The molecular formula is C17H26N2S. The summed E-state index contributed by atoms with van der Waals surface area (Å²) in [6.45, 7) is 5.81. The molecule has 1 aliphatic carbocycles. The predicted octanol–water partition coefficient (Wildman–Crippen LogP) is 3.31. The molecule has 0 amide bonds. The molecule has 2 fully saturated rings. The molecule has 1 N–H and O–H groups in total. The van der Waals surface area contributed by atoms with Crippen LogP contribution >= 0.6 is 11.8 Å². The van der Waals surface area contributed by atoms with Crippen molar-refractivity contribution in [2.75, 3.05) is 25.4 Å². The first kappa shape index (κ1) is 14.4. The Morgan fingerprint density at radius 3 is 2.90 bits per heavy atom. The molecule has 1 aromatic rings. The van der Waals surface area contributed by atoms with Crippen LogP contribution in [-0.2, 0) is 0 Å². The second-order valence-electron chi connectivity index (χ2n) is 5.96. The van der Waals surface area contributed by atoms with Gasteiger partial charge in [0, 0.05) is 37.0 Å². The minimum atomic E-state index is 0.517. The number of hydrogen-bond acceptors (Lipinski definition) is 3. The molecule has 3 atom stereocenters. The van der Waals surface area contributed by atoms with E-state index in [1.165, 1.54) is 43.7 Å². The van der Waals surface area contributed by atoms with E-state index in [2.05, 4.69) is 59.2 Å². The smallest absolute Gasteiger partial charge is 0.0449 e. The zero-order valence-electron chi connectivity index (χ0n) is 12.4. The van der Waals surface area contributed by atoms with Gasteiger partial charge < -0.3 is 5.32 Å². The lowest BCUT2D eigenvalue weighted by molar-refractivity contribution is 0.146. The molecule has 0 bridgehead atoms. The molecule has 1 saturated heterocycles. The van der Waals surface area contributed by atoms with Gasteiger partial charge in [-0.3, -0.25) is 4.90 Å². The van der Waals surface area contributed by atoms with Gasteiger partial charge in [-0.1, -0.05) is 37.3 Å². The van der Waals surface area contributed by atoms with Gasteiger partial charge in [-0.05, 0) is 30.6 Å². The third-order valence-electron chi connectivity index (χ3n) is 4.68. The van der Waals surface area contributed by atoms with Crippen molar-refractivity contribution in [3.63, 3.8) is 0 Å². The first-order valence-corrected chi connectivity index (χ1v) is 9.05. The quantitative estimate of drug-likeness (QED) is 0.916. The van der Waals surface area contributed by atoms with Crippen molar-refractivity contribution in [1.29, 1.82) is 0 Å². The third kappa shape index (κ3) is 3.38. The van der Waals surface area contributed by atoms with E-state index in [0.29, 0.717) is 6.04 Å². The SMILES string of the molecule is CCSC1CCC(N2CCNC(c3ccccc3)C2)C1. The maximum atomic E-state index is 3.68. The predicted molar refractivity (Wildman–Crippen MR) is 88.3 cm³/mol. The van der Waals surface area contributed by atoms with Crippen molar-refractivity contribution in [3.8, 4) is 0 Å². The van der Waals surface area contributed by atoms with Crippen LogP contribution in [0.15, 0.2) is 30.3 Å². The summed E-state index contributed by atoms with van der Waals surface area (Å²) >= 11 is 2.16. The standard InChI is InChI=1S/C17H26N2S/c1-2-20-16-9-8-15(12-16)19-11-10-18-17(13-19)14-6-4-3-5-7-14/h3-7,15-18H,2,8-13H2,1H3. The van der Waals surface area contributed by atoms with E-state index in [1.807, 2.05) is 0 Å². The van der Waals surface area contributed by atoms with Crippen LogP contribution in [0.25, 0.3) is 0 Å². The topological polar surface area (TPSA) is 15.3 Å². The highest BCUT2D eigenvalue weighted by atomic mass is 32.2. The first-order chi connectivity index (χ1) is 9.86. The molecule has 110 valence electrons. The number of benzene rings is 1. The second-order valence-corrected chi connectivity index (χ2v) is 7.53. The van der Waals surface area contributed by atoms with E-state index < -0.39 is 0 Å². The molecule has 0 spiro atoms. The molecule has 3 rings (SSSR count). The Balaban J connectivity index is 1.59. The molecular weight excluding hydrogens is 264 g/mol. The van der Waals surface area contributed by atoms with Crippen LogP contribution in [0.3, 0.4) is 0 Å². The lowest BCUT2D eigenvalue weighted by atomic mass is 10.0. The van der Waals surface area contributed by atoms with Crippen LogP contribution in [0.5, 0.6) is 0 Å². The van der Waals surface area contributed by atoms with Crippen molar-refractivity contribution >= 4 is 11.8 Å². The Morgan fingerprint density at radius 2 is 2.10 bits per heavy atom. The average Bonchev–Trinajstić information content (AvgIpc) is 2.97. The van der Waals surface area contributed by atoms with Crippen molar-refractivity contribution in [2.24, 2.45) is 0 Å². The maximum absolute atomic E-state index is 3.68. The van der Waals surface area contributed by atoms with E-state index >= 15 is 0 Å².